The summed E-state index contributed by atoms with van der Waals surface area (Å²) in [6.07, 6.45) is 4.19. The van der Waals surface area contributed by atoms with E-state index in [1.54, 1.807) is 6.07 Å². The Morgan fingerprint density at radius 1 is 1.23 bits per heavy atom. The van der Waals surface area contributed by atoms with Crippen LogP contribution in [0.3, 0.4) is 0 Å². The standard InChI is InChI=1S/C21H27N3O2/c1-3-4-14-24-20(25)13-12-19(22-24)21(26)23(16(2)18-10-11-18)15-17-8-6-5-7-9-17/h5-9,12-13,16,18H,3-4,10-11,14-15H2,1-2H3. The monoisotopic (exact) mass is 353 g/mol. The molecule has 1 aliphatic carbocycles. The topological polar surface area (TPSA) is 55.2 Å². The smallest absolute Gasteiger partial charge is 0.274 e. The lowest BCUT2D eigenvalue weighted by Gasteiger charge is -2.29. The minimum atomic E-state index is -0.153. The van der Waals surface area contributed by atoms with Gasteiger partial charge in [-0.3, -0.25) is 9.59 Å². The molecule has 0 spiro atoms. The normalized spacial score (nSPS) is 14.8. The van der Waals surface area contributed by atoms with Crippen molar-refractivity contribution in [1.82, 2.24) is 14.7 Å². The van der Waals surface area contributed by atoms with Crippen molar-refractivity contribution in [2.45, 2.75) is 58.7 Å². The third-order valence-corrected chi connectivity index (χ3v) is 5.06. The third-order valence-electron chi connectivity index (χ3n) is 5.06. The van der Waals surface area contributed by atoms with E-state index >= 15 is 0 Å². The maximum absolute atomic E-state index is 13.2. The Morgan fingerprint density at radius 3 is 2.62 bits per heavy atom. The molecule has 1 amide bonds. The van der Waals surface area contributed by atoms with Crippen LogP contribution in [0.15, 0.2) is 47.3 Å². The summed E-state index contributed by atoms with van der Waals surface area (Å²) in [5.41, 5.74) is 1.30. The number of nitrogens with zero attached hydrogens (tertiary/aromatic N) is 3. The summed E-state index contributed by atoms with van der Waals surface area (Å²) in [6.45, 7) is 5.30. The molecule has 2 aromatic rings. The number of unbranched alkanes of at least 4 members (excludes halogenated alkanes) is 1. The van der Waals surface area contributed by atoms with E-state index < -0.39 is 0 Å². The van der Waals surface area contributed by atoms with Crippen LogP contribution in [0, 0.1) is 5.92 Å². The molecule has 138 valence electrons. The zero-order chi connectivity index (χ0) is 18.5. The summed E-state index contributed by atoms with van der Waals surface area (Å²) < 4.78 is 1.42. The fraction of sp³-hybridized carbons (Fsp3) is 0.476. The molecular weight excluding hydrogens is 326 g/mol. The molecule has 26 heavy (non-hydrogen) atoms. The number of aromatic nitrogens is 2. The lowest BCUT2D eigenvalue weighted by atomic mass is 10.1. The zero-order valence-corrected chi connectivity index (χ0v) is 15.6. The molecule has 1 fully saturated rings. The molecule has 1 saturated carbocycles. The molecular formula is C21H27N3O2. The van der Waals surface area contributed by atoms with Crippen molar-refractivity contribution in [2.24, 2.45) is 5.92 Å². The van der Waals surface area contributed by atoms with E-state index in [1.807, 2.05) is 35.2 Å². The molecule has 5 nitrogen and oxygen atoms in total. The second kappa shape index (κ2) is 8.30. The number of hydrogen-bond donors (Lipinski definition) is 0. The van der Waals surface area contributed by atoms with Gasteiger partial charge in [-0.15, -0.1) is 0 Å². The molecule has 1 aromatic carbocycles. The highest BCUT2D eigenvalue weighted by Gasteiger charge is 2.35. The van der Waals surface area contributed by atoms with Crippen molar-refractivity contribution in [3.63, 3.8) is 0 Å². The second-order valence-corrected chi connectivity index (χ2v) is 7.13. The Kier molecular flexibility index (Phi) is 5.86. The lowest BCUT2D eigenvalue weighted by molar-refractivity contribution is 0.0645. The number of benzene rings is 1. The van der Waals surface area contributed by atoms with Crippen molar-refractivity contribution >= 4 is 5.91 Å². The average Bonchev–Trinajstić information content (AvgIpc) is 3.50. The largest absolute Gasteiger partial charge is 0.330 e. The van der Waals surface area contributed by atoms with E-state index in [-0.39, 0.29) is 17.5 Å². The second-order valence-electron chi connectivity index (χ2n) is 7.13. The number of carbonyl (C=O) groups is 1. The molecule has 1 aromatic heterocycles. The first kappa shape index (κ1) is 18.4. The lowest BCUT2D eigenvalue weighted by Crippen LogP contribution is -2.40. The molecule has 0 bridgehead atoms. The number of aryl methyl sites for hydroxylation is 1. The summed E-state index contributed by atoms with van der Waals surface area (Å²) in [6, 6.07) is 13.2. The summed E-state index contributed by atoms with van der Waals surface area (Å²) in [4.78, 5) is 27.1. The van der Waals surface area contributed by atoms with Gasteiger partial charge in [-0.25, -0.2) is 4.68 Å². The van der Waals surface area contributed by atoms with Crippen LogP contribution < -0.4 is 5.56 Å². The molecule has 0 radical (unpaired) electrons. The third kappa shape index (κ3) is 4.40. The Hall–Kier alpha value is -2.43. The van der Waals surface area contributed by atoms with Crippen LogP contribution in [0.5, 0.6) is 0 Å². The first-order chi connectivity index (χ1) is 12.6. The Bertz CT molecular complexity index is 796. The number of rotatable bonds is 8. The van der Waals surface area contributed by atoms with Gasteiger partial charge in [-0.2, -0.15) is 5.10 Å². The van der Waals surface area contributed by atoms with Crippen molar-refractivity contribution in [3.05, 3.63) is 64.1 Å². The SMILES string of the molecule is CCCCn1nc(C(=O)N(Cc2ccccc2)C(C)C2CC2)ccc1=O. The molecule has 1 aliphatic rings. The van der Waals surface area contributed by atoms with E-state index in [0.717, 1.165) is 18.4 Å². The first-order valence-corrected chi connectivity index (χ1v) is 9.53. The summed E-state index contributed by atoms with van der Waals surface area (Å²) >= 11 is 0. The quantitative estimate of drug-likeness (QED) is 0.730. The molecule has 1 heterocycles. The van der Waals surface area contributed by atoms with Gasteiger partial charge in [0, 0.05) is 25.2 Å². The van der Waals surface area contributed by atoms with Crippen molar-refractivity contribution in [1.29, 1.82) is 0 Å². The van der Waals surface area contributed by atoms with Gasteiger partial charge in [0.25, 0.3) is 11.5 Å². The Morgan fingerprint density at radius 2 is 1.96 bits per heavy atom. The van der Waals surface area contributed by atoms with Gasteiger partial charge in [0.05, 0.1) is 0 Å². The highest BCUT2D eigenvalue weighted by Crippen LogP contribution is 2.36. The van der Waals surface area contributed by atoms with Crippen molar-refractivity contribution in [3.8, 4) is 0 Å². The van der Waals surface area contributed by atoms with Gasteiger partial charge < -0.3 is 4.90 Å². The zero-order valence-electron chi connectivity index (χ0n) is 15.6. The summed E-state index contributed by atoms with van der Waals surface area (Å²) in [5.74, 6) is 0.465. The highest BCUT2D eigenvalue weighted by atomic mass is 16.2. The van der Waals surface area contributed by atoms with Gasteiger partial charge in [0.2, 0.25) is 0 Å². The molecule has 1 atom stereocenters. The maximum atomic E-state index is 13.2. The molecule has 0 aliphatic heterocycles. The van der Waals surface area contributed by atoms with Crippen LogP contribution in [0.1, 0.15) is 55.6 Å². The summed E-state index contributed by atoms with van der Waals surface area (Å²) in [5, 5.41) is 4.35. The molecule has 3 rings (SSSR count). The van der Waals surface area contributed by atoms with Crippen LogP contribution in [-0.4, -0.2) is 26.6 Å². The maximum Gasteiger partial charge on any atom is 0.274 e. The minimum Gasteiger partial charge on any atom is -0.330 e. The van der Waals surface area contributed by atoms with Crippen LogP contribution in [0.4, 0.5) is 0 Å². The van der Waals surface area contributed by atoms with E-state index in [0.29, 0.717) is 24.7 Å². The van der Waals surface area contributed by atoms with Crippen LogP contribution in [0.2, 0.25) is 0 Å². The number of carbonyl (C=O) groups excluding carboxylic acids is 1. The Balaban J connectivity index is 1.85. The summed E-state index contributed by atoms with van der Waals surface area (Å²) in [7, 11) is 0. The van der Waals surface area contributed by atoms with Gasteiger partial charge in [0.1, 0.15) is 5.69 Å². The van der Waals surface area contributed by atoms with Crippen LogP contribution in [0.25, 0.3) is 0 Å². The molecule has 5 heteroatoms. The van der Waals surface area contributed by atoms with E-state index in [9.17, 15) is 9.59 Å². The number of hydrogen-bond acceptors (Lipinski definition) is 3. The predicted molar refractivity (Wildman–Crippen MR) is 102 cm³/mol. The molecule has 0 saturated heterocycles. The average molecular weight is 353 g/mol. The fourth-order valence-corrected chi connectivity index (χ4v) is 3.19. The van der Waals surface area contributed by atoms with Crippen LogP contribution in [-0.2, 0) is 13.1 Å². The van der Waals surface area contributed by atoms with E-state index in [4.69, 9.17) is 0 Å². The Labute approximate surface area is 154 Å². The van der Waals surface area contributed by atoms with Crippen molar-refractivity contribution < 1.29 is 4.79 Å². The molecule has 0 N–H and O–H groups in total. The van der Waals surface area contributed by atoms with Crippen LogP contribution >= 0.6 is 0 Å². The first-order valence-electron chi connectivity index (χ1n) is 9.53. The minimum absolute atomic E-state index is 0.0986. The predicted octanol–water partition coefficient (Wildman–Crippen LogP) is 3.48. The van der Waals surface area contributed by atoms with E-state index in [1.165, 1.54) is 23.6 Å². The molecule has 1 unspecified atom stereocenters. The van der Waals surface area contributed by atoms with Crippen molar-refractivity contribution in [2.75, 3.05) is 0 Å². The number of amides is 1. The van der Waals surface area contributed by atoms with E-state index in [2.05, 4.69) is 18.9 Å². The van der Waals surface area contributed by atoms with Gasteiger partial charge in [0.15, 0.2) is 0 Å². The highest BCUT2D eigenvalue weighted by molar-refractivity contribution is 5.92. The van der Waals surface area contributed by atoms with Gasteiger partial charge in [-0.05, 0) is 43.7 Å². The van der Waals surface area contributed by atoms with Gasteiger partial charge in [-0.1, -0.05) is 43.7 Å². The van der Waals surface area contributed by atoms with Gasteiger partial charge >= 0.3 is 0 Å². The fourth-order valence-electron chi connectivity index (χ4n) is 3.19.